The molecule has 1 aliphatic heterocycles. The monoisotopic (exact) mass is 211 g/mol. The van der Waals surface area contributed by atoms with Gasteiger partial charge in [0.05, 0.1) is 12.2 Å². The van der Waals surface area contributed by atoms with Gasteiger partial charge in [0.15, 0.2) is 0 Å². The quantitative estimate of drug-likeness (QED) is 0.758. The van der Waals surface area contributed by atoms with E-state index in [1.54, 1.807) is 0 Å². The molecular weight excluding hydrogens is 186 g/mol. The SMILES string of the molecule is CC1CCCC(OC2CCNCC2C)C1. The molecule has 0 radical (unpaired) electrons. The number of nitrogens with one attached hydrogen (secondary N) is 1. The Kier molecular flexibility index (Phi) is 4.04. The molecule has 0 spiro atoms. The average molecular weight is 211 g/mol. The molecule has 1 saturated heterocycles. The lowest BCUT2D eigenvalue weighted by Crippen LogP contribution is -2.42. The molecule has 4 atom stereocenters. The van der Waals surface area contributed by atoms with Crippen LogP contribution in [0, 0.1) is 11.8 Å². The van der Waals surface area contributed by atoms with Gasteiger partial charge in [0.2, 0.25) is 0 Å². The van der Waals surface area contributed by atoms with Crippen molar-refractivity contribution in [3.8, 4) is 0 Å². The molecule has 88 valence electrons. The van der Waals surface area contributed by atoms with Crippen LogP contribution in [0.15, 0.2) is 0 Å². The maximum Gasteiger partial charge on any atom is 0.0628 e. The molecule has 0 amide bonds. The molecular formula is C13H25NO. The highest BCUT2D eigenvalue weighted by Crippen LogP contribution is 2.28. The van der Waals surface area contributed by atoms with Gasteiger partial charge in [0.1, 0.15) is 0 Å². The van der Waals surface area contributed by atoms with Crippen LogP contribution in [0.25, 0.3) is 0 Å². The standard InChI is InChI=1S/C13H25NO/c1-10-4-3-5-12(8-10)15-13-6-7-14-9-11(13)2/h10-14H,3-9H2,1-2H3. The molecule has 1 saturated carbocycles. The van der Waals surface area contributed by atoms with Crippen LogP contribution >= 0.6 is 0 Å². The minimum atomic E-state index is 0.515. The lowest BCUT2D eigenvalue weighted by molar-refractivity contribution is -0.0709. The minimum absolute atomic E-state index is 0.515. The highest BCUT2D eigenvalue weighted by atomic mass is 16.5. The number of hydrogen-bond donors (Lipinski definition) is 1. The van der Waals surface area contributed by atoms with Crippen LogP contribution in [0.1, 0.15) is 46.0 Å². The molecule has 2 rings (SSSR count). The first-order valence-electron chi connectivity index (χ1n) is 6.62. The molecule has 4 unspecified atom stereocenters. The summed E-state index contributed by atoms with van der Waals surface area (Å²) in [5, 5.41) is 3.43. The second-order valence-corrected chi connectivity index (χ2v) is 5.54. The summed E-state index contributed by atoms with van der Waals surface area (Å²) in [5.74, 6) is 1.57. The van der Waals surface area contributed by atoms with Crippen molar-refractivity contribution in [1.29, 1.82) is 0 Å². The van der Waals surface area contributed by atoms with Gasteiger partial charge in [-0.3, -0.25) is 0 Å². The molecule has 0 aromatic heterocycles. The molecule has 2 aliphatic rings. The van der Waals surface area contributed by atoms with E-state index >= 15 is 0 Å². The molecule has 0 bridgehead atoms. The number of hydrogen-bond acceptors (Lipinski definition) is 2. The fraction of sp³-hybridized carbons (Fsp3) is 1.00. The van der Waals surface area contributed by atoms with Gasteiger partial charge in [-0.05, 0) is 37.6 Å². The van der Waals surface area contributed by atoms with E-state index in [1.807, 2.05) is 0 Å². The van der Waals surface area contributed by atoms with E-state index < -0.39 is 0 Å². The van der Waals surface area contributed by atoms with Crippen LogP contribution in [-0.2, 0) is 4.74 Å². The summed E-state index contributed by atoms with van der Waals surface area (Å²) in [5.41, 5.74) is 0. The van der Waals surface area contributed by atoms with E-state index in [1.165, 1.54) is 32.1 Å². The van der Waals surface area contributed by atoms with Gasteiger partial charge >= 0.3 is 0 Å². The predicted octanol–water partition coefficient (Wildman–Crippen LogP) is 2.58. The molecule has 0 aromatic carbocycles. The molecule has 2 fully saturated rings. The average Bonchev–Trinajstić information content (AvgIpc) is 2.22. The lowest BCUT2D eigenvalue weighted by atomic mass is 9.88. The van der Waals surface area contributed by atoms with E-state index in [0.717, 1.165) is 19.0 Å². The highest BCUT2D eigenvalue weighted by molar-refractivity contribution is 4.79. The van der Waals surface area contributed by atoms with Gasteiger partial charge in [0, 0.05) is 6.54 Å². The predicted molar refractivity (Wildman–Crippen MR) is 62.9 cm³/mol. The number of ether oxygens (including phenoxy) is 1. The van der Waals surface area contributed by atoms with Crippen molar-refractivity contribution in [2.45, 2.75) is 58.2 Å². The summed E-state index contributed by atoms with van der Waals surface area (Å²) < 4.78 is 6.27. The highest BCUT2D eigenvalue weighted by Gasteiger charge is 2.27. The van der Waals surface area contributed by atoms with Crippen LogP contribution in [0.4, 0.5) is 0 Å². The Morgan fingerprint density at radius 2 is 2.00 bits per heavy atom. The summed E-state index contributed by atoms with van der Waals surface area (Å²) in [6.45, 7) is 6.94. The second-order valence-electron chi connectivity index (χ2n) is 5.54. The largest absolute Gasteiger partial charge is 0.375 e. The van der Waals surface area contributed by atoms with Crippen LogP contribution in [0.3, 0.4) is 0 Å². The van der Waals surface area contributed by atoms with Crippen molar-refractivity contribution >= 4 is 0 Å². The molecule has 1 N–H and O–H groups in total. The van der Waals surface area contributed by atoms with Gasteiger partial charge in [-0.2, -0.15) is 0 Å². The molecule has 0 aromatic rings. The van der Waals surface area contributed by atoms with E-state index in [4.69, 9.17) is 4.74 Å². The van der Waals surface area contributed by atoms with Crippen molar-refractivity contribution in [3.63, 3.8) is 0 Å². The molecule has 2 nitrogen and oxygen atoms in total. The van der Waals surface area contributed by atoms with Crippen LogP contribution < -0.4 is 5.32 Å². The summed E-state index contributed by atoms with van der Waals surface area (Å²) in [6, 6.07) is 0. The lowest BCUT2D eigenvalue weighted by Gasteiger charge is -2.35. The number of piperidine rings is 1. The molecule has 1 aliphatic carbocycles. The third-order valence-corrected chi connectivity index (χ3v) is 3.96. The van der Waals surface area contributed by atoms with Gasteiger partial charge in [-0.15, -0.1) is 0 Å². The van der Waals surface area contributed by atoms with E-state index in [2.05, 4.69) is 19.2 Å². The summed E-state index contributed by atoms with van der Waals surface area (Å²) >= 11 is 0. The van der Waals surface area contributed by atoms with Crippen molar-refractivity contribution < 1.29 is 4.74 Å². The number of rotatable bonds is 2. The van der Waals surface area contributed by atoms with Gasteiger partial charge in [-0.1, -0.05) is 26.7 Å². The Bertz CT molecular complexity index is 195. The van der Waals surface area contributed by atoms with Gasteiger partial charge < -0.3 is 10.1 Å². The minimum Gasteiger partial charge on any atom is -0.375 e. The molecule has 2 heteroatoms. The maximum absolute atomic E-state index is 6.27. The van der Waals surface area contributed by atoms with Crippen LogP contribution in [-0.4, -0.2) is 25.3 Å². The Morgan fingerprint density at radius 3 is 2.73 bits per heavy atom. The van der Waals surface area contributed by atoms with Crippen molar-refractivity contribution in [3.05, 3.63) is 0 Å². The second kappa shape index (κ2) is 5.31. The van der Waals surface area contributed by atoms with E-state index in [-0.39, 0.29) is 0 Å². The van der Waals surface area contributed by atoms with Crippen molar-refractivity contribution in [2.24, 2.45) is 11.8 Å². The maximum atomic E-state index is 6.27. The zero-order chi connectivity index (χ0) is 10.7. The smallest absolute Gasteiger partial charge is 0.0628 e. The van der Waals surface area contributed by atoms with Crippen LogP contribution in [0.2, 0.25) is 0 Å². The summed E-state index contributed by atoms with van der Waals surface area (Å²) in [7, 11) is 0. The van der Waals surface area contributed by atoms with E-state index in [0.29, 0.717) is 18.1 Å². The zero-order valence-electron chi connectivity index (χ0n) is 10.2. The fourth-order valence-corrected chi connectivity index (χ4v) is 2.94. The van der Waals surface area contributed by atoms with Crippen molar-refractivity contribution in [1.82, 2.24) is 5.32 Å². The third-order valence-electron chi connectivity index (χ3n) is 3.96. The topological polar surface area (TPSA) is 21.3 Å². The zero-order valence-corrected chi connectivity index (χ0v) is 10.2. The summed E-state index contributed by atoms with van der Waals surface area (Å²) in [6.07, 6.45) is 7.62. The van der Waals surface area contributed by atoms with Crippen molar-refractivity contribution in [2.75, 3.05) is 13.1 Å². The third kappa shape index (κ3) is 3.18. The first-order chi connectivity index (χ1) is 7.25. The first-order valence-corrected chi connectivity index (χ1v) is 6.62. The Balaban J connectivity index is 1.79. The van der Waals surface area contributed by atoms with E-state index in [9.17, 15) is 0 Å². The first kappa shape index (κ1) is 11.4. The molecule has 15 heavy (non-hydrogen) atoms. The summed E-state index contributed by atoms with van der Waals surface area (Å²) in [4.78, 5) is 0. The Hall–Kier alpha value is -0.0800. The Morgan fingerprint density at radius 1 is 1.13 bits per heavy atom. The van der Waals surface area contributed by atoms with Crippen LogP contribution in [0.5, 0.6) is 0 Å². The van der Waals surface area contributed by atoms with Gasteiger partial charge in [-0.25, -0.2) is 0 Å². The Labute approximate surface area is 93.8 Å². The molecule has 1 heterocycles. The fourth-order valence-electron chi connectivity index (χ4n) is 2.94. The van der Waals surface area contributed by atoms with Gasteiger partial charge in [0.25, 0.3) is 0 Å². The normalized spacial score (nSPS) is 42.8.